The summed E-state index contributed by atoms with van der Waals surface area (Å²) in [5.74, 6) is 0.626. The van der Waals surface area contributed by atoms with Crippen LogP contribution < -0.4 is 11.1 Å². The van der Waals surface area contributed by atoms with Crippen molar-refractivity contribution < 1.29 is 4.79 Å². The summed E-state index contributed by atoms with van der Waals surface area (Å²) in [4.78, 5) is 20.8. The lowest BCUT2D eigenvalue weighted by Gasteiger charge is -2.09. The number of hydrogen-bond acceptors (Lipinski definition) is 5. The highest BCUT2D eigenvalue weighted by atomic mass is 35.5. The van der Waals surface area contributed by atoms with Gasteiger partial charge in [-0.3, -0.25) is 9.89 Å². The first-order chi connectivity index (χ1) is 13.4. The summed E-state index contributed by atoms with van der Waals surface area (Å²) in [6, 6.07) is 9.09. The van der Waals surface area contributed by atoms with Crippen molar-refractivity contribution in [1.82, 2.24) is 20.2 Å². The highest BCUT2D eigenvalue weighted by Crippen LogP contribution is 2.34. The molecule has 4 rings (SSSR count). The molecule has 7 nitrogen and oxygen atoms in total. The Bertz CT molecular complexity index is 1220. The maximum absolute atomic E-state index is 12.6. The number of anilines is 2. The molecule has 0 aliphatic heterocycles. The topological polar surface area (TPSA) is 110 Å². The van der Waals surface area contributed by atoms with Crippen LogP contribution in [0.1, 0.15) is 21.5 Å². The molecule has 8 heteroatoms. The molecule has 1 amide bonds. The molecule has 0 aliphatic rings. The minimum absolute atomic E-state index is 0.230. The van der Waals surface area contributed by atoms with Crippen LogP contribution in [0.15, 0.2) is 42.7 Å². The van der Waals surface area contributed by atoms with Crippen molar-refractivity contribution in [3.8, 4) is 11.3 Å². The highest BCUT2D eigenvalue weighted by molar-refractivity contribution is 6.35. The van der Waals surface area contributed by atoms with E-state index in [-0.39, 0.29) is 5.91 Å². The zero-order valence-electron chi connectivity index (χ0n) is 15.2. The monoisotopic (exact) mass is 392 g/mol. The molecule has 0 unspecified atom stereocenters. The van der Waals surface area contributed by atoms with E-state index in [9.17, 15) is 4.79 Å². The molecule has 140 valence electrons. The lowest BCUT2D eigenvalue weighted by atomic mass is 10.00. The summed E-state index contributed by atoms with van der Waals surface area (Å²) in [5.41, 5.74) is 10.6. The van der Waals surface area contributed by atoms with Crippen molar-refractivity contribution in [1.29, 1.82) is 0 Å². The number of hydrogen-bond donors (Lipinski definition) is 3. The minimum atomic E-state index is -0.230. The molecule has 0 atom stereocenters. The Morgan fingerprint density at radius 3 is 2.75 bits per heavy atom. The first-order valence-electron chi connectivity index (χ1n) is 8.57. The Kier molecular flexibility index (Phi) is 4.44. The summed E-state index contributed by atoms with van der Waals surface area (Å²) >= 11 is 6.17. The Labute approximate surface area is 166 Å². The third-order valence-electron chi connectivity index (χ3n) is 4.48. The molecule has 0 saturated carbocycles. The van der Waals surface area contributed by atoms with Crippen LogP contribution >= 0.6 is 11.6 Å². The van der Waals surface area contributed by atoms with Crippen molar-refractivity contribution in [2.24, 2.45) is 0 Å². The van der Waals surface area contributed by atoms with E-state index in [2.05, 4.69) is 25.5 Å². The molecule has 4 N–H and O–H groups in total. The van der Waals surface area contributed by atoms with Crippen molar-refractivity contribution in [3.63, 3.8) is 0 Å². The fourth-order valence-corrected chi connectivity index (χ4v) is 3.27. The van der Waals surface area contributed by atoms with Gasteiger partial charge < -0.3 is 11.1 Å². The summed E-state index contributed by atoms with van der Waals surface area (Å²) in [6.07, 6.45) is 3.13. The second-order valence-corrected chi connectivity index (χ2v) is 6.92. The van der Waals surface area contributed by atoms with Gasteiger partial charge in [0, 0.05) is 17.3 Å². The number of rotatable bonds is 3. The average Bonchev–Trinajstić information content (AvgIpc) is 3.11. The predicted octanol–water partition coefficient (Wildman–Crippen LogP) is 4.12. The van der Waals surface area contributed by atoms with Crippen LogP contribution in [-0.4, -0.2) is 26.1 Å². The van der Waals surface area contributed by atoms with E-state index in [1.165, 1.54) is 6.20 Å². The zero-order chi connectivity index (χ0) is 19.8. The molecule has 0 radical (unpaired) electrons. The number of halogens is 1. The van der Waals surface area contributed by atoms with Crippen LogP contribution in [-0.2, 0) is 0 Å². The predicted molar refractivity (Wildman–Crippen MR) is 110 cm³/mol. The number of amides is 1. The van der Waals surface area contributed by atoms with Crippen LogP contribution in [0.3, 0.4) is 0 Å². The number of benzene rings is 1. The zero-order valence-corrected chi connectivity index (χ0v) is 16.0. The molecule has 0 bridgehead atoms. The number of H-pyrrole nitrogens is 1. The van der Waals surface area contributed by atoms with Crippen LogP contribution in [0.2, 0.25) is 5.02 Å². The van der Waals surface area contributed by atoms with Gasteiger partial charge in [-0.25, -0.2) is 9.97 Å². The molecule has 1 aromatic carbocycles. The number of fused-ring (bicyclic) bond motifs is 1. The van der Waals surface area contributed by atoms with E-state index in [0.717, 1.165) is 16.7 Å². The molecular formula is C20H17ClN6O. The number of nitrogens with two attached hydrogens (primary N) is 1. The number of aryl methyl sites for hydroxylation is 2. The number of nitrogens with one attached hydrogen (secondary N) is 2. The van der Waals surface area contributed by atoms with E-state index in [1.807, 2.05) is 32.0 Å². The van der Waals surface area contributed by atoms with Gasteiger partial charge in [0.2, 0.25) is 0 Å². The third-order valence-corrected chi connectivity index (χ3v) is 4.76. The SMILES string of the molecule is Cc1ccnc(NC(=O)c2ccc(-c3[nH]nc4c(Cl)cnc(N)c34)c(C)c2)c1. The lowest BCUT2D eigenvalue weighted by Crippen LogP contribution is -2.13. The average molecular weight is 393 g/mol. The summed E-state index contributed by atoms with van der Waals surface area (Å²) in [5, 5.41) is 11.1. The first kappa shape index (κ1) is 17.9. The molecule has 3 heterocycles. The molecule has 0 spiro atoms. The Morgan fingerprint density at radius 1 is 1.18 bits per heavy atom. The molecular weight excluding hydrogens is 376 g/mol. The van der Waals surface area contributed by atoms with E-state index in [1.54, 1.807) is 18.3 Å². The highest BCUT2D eigenvalue weighted by Gasteiger charge is 2.17. The van der Waals surface area contributed by atoms with E-state index in [0.29, 0.717) is 38.8 Å². The maximum atomic E-state index is 12.6. The fraction of sp³-hybridized carbons (Fsp3) is 0.100. The van der Waals surface area contributed by atoms with Crippen molar-refractivity contribution in [2.45, 2.75) is 13.8 Å². The molecule has 0 aliphatic carbocycles. The Balaban J connectivity index is 1.69. The number of carbonyl (C=O) groups excluding carboxylic acids is 1. The van der Waals surface area contributed by atoms with Gasteiger partial charge in [-0.2, -0.15) is 5.10 Å². The molecule has 3 aromatic heterocycles. The van der Waals surface area contributed by atoms with E-state index < -0.39 is 0 Å². The standard InChI is InChI=1S/C20H17ClN6O/c1-10-5-6-23-15(7-10)25-20(28)12-3-4-13(11(2)8-12)17-16-18(27-26-17)14(21)9-24-19(16)22/h3-9H,1-2H3,(H2,22,24)(H,26,27)(H,23,25,28). The van der Waals surface area contributed by atoms with Gasteiger partial charge in [0.1, 0.15) is 17.2 Å². The van der Waals surface area contributed by atoms with Crippen LogP contribution in [0.4, 0.5) is 11.6 Å². The van der Waals surface area contributed by atoms with Gasteiger partial charge in [-0.1, -0.05) is 17.7 Å². The quantitative estimate of drug-likeness (QED) is 0.485. The summed E-state index contributed by atoms with van der Waals surface area (Å²) in [6.45, 7) is 3.86. The lowest BCUT2D eigenvalue weighted by molar-refractivity contribution is 0.102. The number of nitrogen functional groups attached to an aromatic ring is 1. The maximum Gasteiger partial charge on any atom is 0.256 e. The van der Waals surface area contributed by atoms with Crippen LogP contribution in [0, 0.1) is 13.8 Å². The van der Waals surface area contributed by atoms with Crippen LogP contribution in [0.5, 0.6) is 0 Å². The van der Waals surface area contributed by atoms with Crippen molar-refractivity contribution in [3.05, 3.63) is 64.4 Å². The van der Waals surface area contributed by atoms with Gasteiger partial charge in [-0.05, 0) is 49.2 Å². The molecule has 0 saturated heterocycles. The number of aromatic nitrogens is 4. The van der Waals surface area contributed by atoms with Gasteiger partial charge in [0.15, 0.2) is 0 Å². The van der Waals surface area contributed by atoms with Gasteiger partial charge in [0.05, 0.1) is 22.3 Å². The van der Waals surface area contributed by atoms with Crippen molar-refractivity contribution >= 4 is 40.0 Å². The van der Waals surface area contributed by atoms with Gasteiger partial charge >= 0.3 is 0 Å². The van der Waals surface area contributed by atoms with Crippen molar-refractivity contribution in [2.75, 3.05) is 11.1 Å². The number of aromatic amines is 1. The first-order valence-corrected chi connectivity index (χ1v) is 8.95. The normalized spacial score (nSPS) is 11.0. The molecule has 4 aromatic rings. The smallest absolute Gasteiger partial charge is 0.256 e. The number of nitrogens with zero attached hydrogens (tertiary/aromatic N) is 3. The second-order valence-electron chi connectivity index (χ2n) is 6.52. The van der Waals surface area contributed by atoms with Crippen LogP contribution in [0.25, 0.3) is 22.2 Å². The third kappa shape index (κ3) is 3.16. The van der Waals surface area contributed by atoms with Gasteiger partial charge in [-0.15, -0.1) is 0 Å². The van der Waals surface area contributed by atoms with Gasteiger partial charge in [0.25, 0.3) is 5.91 Å². The molecule has 28 heavy (non-hydrogen) atoms. The largest absolute Gasteiger partial charge is 0.383 e. The number of pyridine rings is 2. The van der Waals surface area contributed by atoms with E-state index >= 15 is 0 Å². The Morgan fingerprint density at radius 2 is 2.00 bits per heavy atom. The summed E-state index contributed by atoms with van der Waals surface area (Å²) < 4.78 is 0. The second kappa shape index (κ2) is 6.94. The van der Waals surface area contributed by atoms with E-state index in [4.69, 9.17) is 17.3 Å². The summed E-state index contributed by atoms with van der Waals surface area (Å²) in [7, 11) is 0. The minimum Gasteiger partial charge on any atom is -0.383 e. The Hall–Kier alpha value is -3.45. The number of carbonyl (C=O) groups is 1. The molecule has 0 fully saturated rings. The fourth-order valence-electron chi connectivity index (χ4n) is 3.09.